The fourth-order valence-electron chi connectivity index (χ4n) is 4.33. The van der Waals surface area contributed by atoms with Gasteiger partial charge in [-0.2, -0.15) is 18.3 Å². The first-order valence-electron chi connectivity index (χ1n) is 11.5. The molecule has 0 aliphatic carbocycles. The van der Waals surface area contributed by atoms with Crippen LogP contribution >= 0.6 is 0 Å². The number of amides is 1. The number of anilines is 2. The molecule has 38 heavy (non-hydrogen) atoms. The van der Waals surface area contributed by atoms with Crippen molar-refractivity contribution in [3.8, 4) is 0 Å². The van der Waals surface area contributed by atoms with Gasteiger partial charge < -0.3 is 25.0 Å². The van der Waals surface area contributed by atoms with Gasteiger partial charge in [0.25, 0.3) is 5.91 Å². The minimum atomic E-state index is -5.08. The zero-order chi connectivity index (χ0) is 27.8. The van der Waals surface area contributed by atoms with Crippen LogP contribution in [-0.2, 0) is 11.8 Å². The standard InChI is InChI=1S/C22H24FN7O.C2HF3O2/c1-13-9-30-11-15(8-18(23)21(30)25-13)26-22(31)16-4-5-19(17-12-28(3)27-20(16)17)29-7-6-14(10-29)24-2;3-2(4,5)1(6)7/h4-5,8-9,11-12,14,24H,6-7,10H2,1-3H3,(H,26,31);(H,6,7). The predicted octanol–water partition coefficient (Wildman–Crippen LogP) is 3.35. The molecule has 0 bridgehead atoms. The van der Waals surface area contributed by atoms with Crippen LogP contribution in [0.2, 0.25) is 0 Å². The highest BCUT2D eigenvalue weighted by Crippen LogP contribution is 2.31. The molecule has 14 heteroatoms. The van der Waals surface area contributed by atoms with Gasteiger partial charge in [0.05, 0.1) is 16.9 Å². The number of nitrogens with zero attached hydrogens (tertiary/aromatic N) is 5. The van der Waals surface area contributed by atoms with Crippen molar-refractivity contribution in [2.45, 2.75) is 25.6 Å². The molecule has 1 unspecified atom stereocenters. The van der Waals surface area contributed by atoms with Gasteiger partial charge in [-0.05, 0) is 32.5 Å². The number of carbonyl (C=O) groups is 2. The Labute approximate surface area is 213 Å². The lowest BCUT2D eigenvalue weighted by Crippen LogP contribution is -2.29. The molecule has 202 valence electrons. The summed E-state index contributed by atoms with van der Waals surface area (Å²) in [5.41, 5.74) is 3.44. The molecule has 1 saturated heterocycles. The molecule has 1 aliphatic heterocycles. The molecule has 0 saturated carbocycles. The topological polar surface area (TPSA) is 117 Å². The highest BCUT2D eigenvalue weighted by atomic mass is 19.4. The van der Waals surface area contributed by atoms with Gasteiger partial charge in [0.2, 0.25) is 0 Å². The number of alkyl halides is 3. The second-order valence-electron chi connectivity index (χ2n) is 8.86. The lowest BCUT2D eigenvalue weighted by Gasteiger charge is -2.20. The molecule has 1 amide bonds. The first-order valence-corrected chi connectivity index (χ1v) is 11.5. The maximum Gasteiger partial charge on any atom is 0.490 e. The van der Waals surface area contributed by atoms with Gasteiger partial charge in [0.15, 0.2) is 11.5 Å². The summed E-state index contributed by atoms with van der Waals surface area (Å²) >= 11 is 0. The number of likely N-dealkylation sites (N-methyl/N-ethyl adjacent to an activating group) is 1. The Hall–Kier alpha value is -4.20. The first kappa shape index (κ1) is 26.9. The predicted molar refractivity (Wildman–Crippen MR) is 132 cm³/mol. The van der Waals surface area contributed by atoms with E-state index >= 15 is 0 Å². The van der Waals surface area contributed by atoms with E-state index in [9.17, 15) is 22.4 Å². The Bertz CT molecular complexity index is 1510. The quantitative estimate of drug-likeness (QED) is 0.343. The maximum atomic E-state index is 14.4. The molecule has 3 N–H and O–H groups in total. The number of hydrogen-bond acceptors (Lipinski definition) is 6. The van der Waals surface area contributed by atoms with Crippen LogP contribution < -0.4 is 15.5 Å². The van der Waals surface area contributed by atoms with Crippen LogP contribution in [0.15, 0.2) is 36.8 Å². The fraction of sp³-hybridized carbons (Fsp3) is 0.333. The van der Waals surface area contributed by atoms with Crippen molar-refractivity contribution in [3.63, 3.8) is 0 Å². The van der Waals surface area contributed by atoms with Crippen molar-refractivity contribution in [3.05, 3.63) is 53.9 Å². The summed E-state index contributed by atoms with van der Waals surface area (Å²) in [7, 11) is 3.82. The molecular formula is C24H25F4N7O3. The molecule has 0 spiro atoms. The summed E-state index contributed by atoms with van der Waals surface area (Å²) in [5, 5.41) is 18.7. The van der Waals surface area contributed by atoms with Gasteiger partial charge in [-0.1, -0.05) is 0 Å². The lowest BCUT2D eigenvalue weighted by atomic mass is 10.1. The molecule has 0 radical (unpaired) electrons. The second-order valence-corrected chi connectivity index (χ2v) is 8.86. The van der Waals surface area contributed by atoms with E-state index < -0.39 is 18.0 Å². The van der Waals surface area contributed by atoms with Crippen LogP contribution in [0.1, 0.15) is 22.5 Å². The van der Waals surface area contributed by atoms with Gasteiger partial charge in [-0.15, -0.1) is 0 Å². The summed E-state index contributed by atoms with van der Waals surface area (Å²) in [5.74, 6) is -3.58. The fourth-order valence-corrected chi connectivity index (χ4v) is 4.33. The maximum absolute atomic E-state index is 14.4. The van der Waals surface area contributed by atoms with Gasteiger partial charge in [0.1, 0.15) is 5.52 Å². The number of fused-ring (bicyclic) bond motifs is 2. The minimum absolute atomic E-state index is 0.234. The van der Waals surface area contributed by atoms with Gasteiger partial charge in [-0.3, -0.25) is 9.48 Å². The number of aryl methyl sites for hydroxylation is 2. The van der Waals surface area contributed by atoms with Crippen molar-refractivity contribution >= 4 is 39.8 Å². The Morgan fingerprint density at radius 1 is 1.18 bits per heavy atom. The van der Waals surface area contributed by atoms with Crippen molar-refractivity contribution in [2.75, 3.05) is 30.4 Å². The van der Waals surface area contributed by atoms with Crippen molar-refractivity contribution in [1.82, 2.24) is 24.5 Å². The number of carbonyl (C=O) groups excluding carboxylic acids is 1. The Morgan fingerprint density at radius 2 is 1.89 bits per heavy atom. The zero-order valence-electron chi connectivity index (χ0n) is 20.7. The van der Waals surface area contributed by atoms with E-state index in [-0.39, 0.29) is 11.6 Å². The summed E-state index contributed by atoms with van der Waals surface area (Å²) in [4.78, 5) is 28.4. The number of carboxylic acids is 1. The van der Waals surface area contributed by atoms with E-state index in [1.807, 2.05) is 26.4 Å². The van der Waals surface area contributed by atoms with E-state index in [2.05, 4.69) is 25.6 Å². The summed E-state index contributed by atoms with van der Waals surface area (Å²) in [6.45, 7) is 3.66. The third-order valence-corrected chi connectivity index (χ3v) is 6.08. The Kier molecular flexibility index (Phi) is 7.26. The van der Waals surface area contributed by atoms with Crippen LogP contribution in [0.4, 0.5) is 28.9 Å². The lowest BCUT2D eigenvalue weighted by molar-refractivity contribution is -0.192. The molecule has 1 aromatic carbocycles. The van der Waals surface area contributed by atoms with E-state index in [0.29, 0.717) is 28.5 Å². The highest BCUT2D eigenvalue weighted by Gasteiger charge is 2.38. The van der Waals surface area contributed by atoms with Crippen LogP contribution in [0.25, 0.3) is 16.6 Å². The summed E-state index contributed by atoms with van der Waals surface area (Å²) in [6, 6.07) is 5.50. The Balaban J connectivity index is 0.000000426. The number of aromatic nitrogens is 4. The number of aliphatic carboxylic acids is 1. The average Bonchev–Trinajstić information content (AvgIpc) is 3.55. The van der Waals surface area contributed by atoms with Crippen molar-refractivity contribution in [1.29, 1.82) is 0 Å². The molecule has 1 aliphatic rings. The van der Waals surface area contributed by atoms with E-state index in [0.717, 1.165) is 30.6 Å². The monoisotopic (exact) mass is 535 g/mol. The summed E-state index contributed by atoms with van der Waals surface area (Å²) in [6.07, 6.45) is 1.30. The molecular weight excluding hydrogens is 510 g/mol. The second kappa shape index (κ2) is 10.3. The number of rotatable bonds is 4. The van der Waals surface area contributed by atoms with Crippen molar-refractivity contribution < 1.29 is 32.3 Å². The van der Waals surface area contributed by atoms with Gasteiger partial charge in [-0.25, -0.2) is 14.2 Å². The minimum Gasteiger partial charge on any atom is -0.475 e. The van der Waals surface area contributed by atoms with E-state index in [4.69, 9.17) is 9.90 Å². The van der Waals surface area contributed by atoms with Gasteiger partial charge in [0, 0.05) is 61.9 Å². The Morgan fingerprint density at radius 3 is 2.53 bits per heavy atom. The molecule has 4 aromatic rings. The van der Waals surface area contributed by atoms with Crippen LogP contribution in [-0.4, -0.2) is 68.5 Å². The number of benzene rings is 1. The van der Waals surface area contributed by atoms with Crippen LogP contribution in [0.5, 0.6) is 0 Å². The smallest absolute Gasteiger partial charge is 0.475 e. The third-order valence-electron chi connectivity index (χ3n) is 6.08. The van der Waals surface area contributed by atoms with Gasteiger partial charge >= 0.3 is 12.1 Å². The number of halogens is 4. The number of nitrogens with one attached hydrogen (secondary N) is 2. The molecule has 3 aromatic heterocycles. The zero-order valence-corrected chi connectivity index (χ0v) is 20.7. The van der Waals surface area contributed by atoms with Crippen molar-refractivity contribution in [2.24, 2.45) is 7.05 Å². The van der Waals surface area contributed by atoms with E-state index in [1.54, 1.807) is 34.5 Å². The molecule has 4 heterocycles. The number of carboxylic acid groups (broad SMARTS) is 1. The molecule has 1 atom stereocenters. The normalized spacial score (nSPS) is 15.6. The SMILES string of the molecule is CNC1CCN(c2ccc(C(=O)Nc3cc(F)c4nc(C)cn4c3)c3nn(C)cc23)C1.O=C(O)C(F)(F)F. The van der Waals surface area contributed by atoms with Crippen LogP contribution in [0.3, 0.4) is 0 Å². The van der Waals surface area contributed by atoms with Crippen LogP contribution in [0, 0.1) is 12.7 Å². The first-order chi connectivity index (χ1) is 17.9. The largest absolute Gasteiger partial charge is 0.490 e. The number of hydrogen-bond donors (Lipinski definition) is 3. The summed E-state index contributed by atoms with van der Waals surface area (Å²) < 4.78 is 49.4. The number of pyridine rings is 1. The molecule has 10 nitrogen and oxygen atoms in total. The average molecular weight is 536 g/mol. The van der Waals surface area contributed by atoms with E-state index in [1.165, 1.54) is 6.07 Å². The number of imidazole rings is 1. The molecule has 1 fully saturated rings. The molecule has 5 rings (SSSR count). The third kappa shape index (κ3) is 5.54. The highest BCUT2D eigenvalue weighted by molar-refractivity contribution is 6.13.